The van der Waals surface area contributed by atoms with Gasteiger partial charge >= 0.3 is 5.69 Å². The molecule has 0 aliphatic carbocycles. The summed E-state index contributed by atoms with van der Waals surface area (Å²) in [5.41, 5.74) is 0.706. The number of nitrogens with zero attached hydrogens (tertiary/aromatic N) is 2. The van der Waals surface area contributed by atoms with Gasteiger partial charge in [0.1, 0.15) is 0 Å². The Balaban J connectivity index is 2.12. The van der Waals surface area contributed by atoms with Crippen molar-refractivity contribution in [2.45, 2.75) is 12.6 Å². The van der Waals surface area contributed by atoms with E-state index in [4.69, 9.17) is 11.6 Å². The number of aromatic nitrogens is 2. The quantitative estimate of drug-likeness (QED) is 0.792. The van der Waals surface area contributed by atoms with E-state index in [0.717, 1.165) is 5.56 Å². The Morgan fingerprint density at radius 1 is 1.08 bits per heavy atom. The molecule has 0 aliphatic heterocycles. The average molecular weight is 344 g/mol. The van der Waals surface area contributed by atoms with Crippen LogP contribution < -0.4 is 11.2 Å². The van der Waals surface area contributed by atoms with Crippen LogP contribution in [0.1, 0.15) is 11.6 Å². The lowest BCUT2D eigenvalue weighted by atomic mass is 10.1. The Bertz CT molecular complexity index is 991. The average Bonchev–Trinajstić information content (AvgIpc) is 2.55. The van der Waals surface area contributed by atoms with Crippen molar-refractivity contribution in [1.82, 2.24) is 14.5 Å². The molecule has 24 heavy (non-hydrogen) atoms. The lowest BCUT2D eigenvalue weighted by Crippen LogP contribution is -2.39. The predicted octanol–water partition coefficient (Wildman–Crippen LogP) is 2.65. The summed E-state index contributed by atoms with van der Waals surface area (Å²) in [5.74, 6) is 0. The van der Waals surface area contributed by atoms with Crippen LogP contribution in [0.4, 0.5) is 0 Å². The molecule has 0 fully saturated rings. The Kier molecular flexibility index (Phi) is 4.55. The van der Waals surface area contributed by atoms with Crippen molar-refractivity contribution in [1.29, 1.82) is 0 Å². The first-order chi connectivity index (χ1) is 11.5. The maximum atomic E-state index is 12.7. The topological polar surface area (TPSA) is 58.1 Å². The molecule has 3 aromatic rings. The molecule has 0 radical (unpaired) electrons. The number of hydrogen-bond acceptors (Lipinski definition) is 3. The fourth-order valence-corrected chi connectivity index (χ4v) is 3.08. The van der Waals surface area contributed by atoms with Gasteiger partial charge in [-0.25, -0.2) is 4.79 Å². The normalized spacial score (nSPS) is 12.7. The van der Waals surface area contributed by atoms with Gasteiger partial charge in [-0.3, -0.25) is 9.36 Å². The van der Waals surface area contributed by atoms with Gasteiger partial charge in [0.2, 0.25) is 0 Å². The van der Waals surface area contributed by atoms with E-state index in [2.05, 4.69) is 4.98 Å². The van der Waals surface area contributed by atoms with Gasteiger partial charge in [0.05, 0.1) is 23.5 Å². The van der Waals surface area contributed by atoms with Gasteiger partial charge in [-0.2, -0.15) is 0 Å². The van der Waals surface area contributed by atoms with E-state index in [1.165, 1.54) is 4.57 Å². The van der Waals surface area contributed by atoms with Crippen LogP contribution >= 0.6 is 11.6 Å². The van der Waals surface area contributed by atoms with Crippen LogP contribution in [-0.2, 0) is 6.54 Å². The molecule has 1 heterocycles. The predicted molar refractivity (Wildman–Crippen MR) is 96.7 cm³/mol. The molecule has 0 aliphatic rings. The summed E-state index contributed by atoms with van der Waals surface area (Å²) in [6.45, 7) is 0.218. The minimum atomic E-state index is -0.419. The molecule has 0 saturated heterocycles. The summed E-state index contributed by atoms with van der Waals surface area (Å²) in [6, 6.07) is 14.3. The van der Waals surface area contributed by atoms with Gasteiger partial charge in [-0.1, -0.05) is 41.9 Å². The molecule has 124 valence electrons. The van der Waals surface area contributed by atoms with Crippen molar-refractivity contribution in [2.75, 3.05) is 14.1 Å². The Hall–Kier alpha value is -2.37. The number of rotatable bonds is 4. The minimum Gasteiger partial charge on any atom is -0.307 e. The Morgan fingerprint density at radius 3 is 2.46 bits per heavy atom. The highest BCUT2D eigenvalue weighted by Crippen LogP contribution is 2.26. The SMILES string of the molecule is CN(C)C(Cn1c(=O)[nH]c2ccccc2c1=O)c1ccccc1Cl. The van der Waals surface area contributed by atoms with Crippen molar-refractivity contribution < 1.29 is 0 Å². The summed E-state index contributed by atoms with van der Waals surface area (Å²) < 4.78 is 1.23. The number of likely N-dealkylation sites (N-methyl/N-ethyl adjacent to an activating group) is 1. The number of nitrogens with one attached hydrogen (secondary N) is 1. The molecule has 6 heteroatoms. The molecular formula is C18H18ClN3O2. The molecule has 1 N–H and O–H groups in total. The third kappa shape index (κ3) is 3.00. The van der Waals surface area contributed by atoms with Gasteiger partial charge in [0, 0.05) is 5.02 Å². The van der Waals surface area contributed by atoms with Crippen LogP contribution in [0.15, 0.2) is 58.1 Å². The van der Waals surface area contributed by atoms with Crippen molar-refractivity contribution in [3.05, 3.63) is 80.0 Å². The van der Waals surface area contributed by atoms with E-state index in [9.17, 15) is 9.59 Å². The molecule has 1 aromatic heterocycles. The van der Waals surface area contributed by atoms with Gasteiger partial charge in [0.15, 0.2) is 0 Å². The summed E-state index contributed by atoms with van der Waals surface area (Å²) in [7, 11) is 3.79. The van der Waals surface area contributed by atoms with Crippen molar-refractivity contribution >= 4 is 22.5 Å². The summed E-state index contributed by atoms with van der Waals surface area (Å²) in [4.78, 5) is 29.8. The van der Waals surface area contributed by atoms with Crippen LogP contribution in [0.2, 0.25) is 5.02 Å². The van der Waals surface area contributed by atoms with Crippen LogP contribution in [0.3, 0.4) is 0 Å². The van der Waals surface area contributed by atoms with Gasteiger partial charge < -0.3 is 9.88 Å². The van der Waals surface area contributed by atoms with E-state index in [1.807, 2.05) is 37.2 Å². The number of H-pyrrole nitrogens is 1. The maximum Gasteiger partial charge on any atom is 0.328 e. The second kappa shape index (κ2) is 6.63. The molecule has 2 aromatic carbocycles. The maximum absolute atomic E-state index is 12.7. The monoisotopic (exact) mass is 343 g/mol. The van der Waals surface area contributed by atoms with Gasteiger partial charge in [-0.05, 0) is 37.9 Å². The van der Waals surface area contributed by atoms with Crippen molar-refractivity contribution in [2.24, 2.45) is 0 Å². The number of fused-ring (bicyclic) bond motifs is 1. The first kappa shape index (κ1) is 16.5. The first-order valence-corrected chi connectivity index (χ1v) is 7.99. The van der Waals surface area contributed by atoms with E-state index in [0.29, 0.717) is 15.9 Å². The van der Waals surface area contributed by atoms with E-state index in [1.54, 1.807) is 30.3 Å². The molecule has 1 atom stereocenters. The third-order valence-corrected chi connectivity index (χ3v) is 4.48. The van der Waals surface area contributed by atoms with Crippen LogP contribution in [0.25, 0.3) is 10.9 Å². The molecule has 0 amide bonds. The fraction of sp³-hybridized carbons (Fsp3) is 0.222. The summed E-state index contributed by atoms with van der Waals surface area (Å²) in [6.07, 6.45) is 0. The zero-order chi connectivity index (χ0) is 17.3. The molecule has 0 saturated carbocycles. The van der Waals surface area contributed by atoms with E-state index < -0.39 is 5.69 Å². The van der Waals surface area contributed by atoms with E-state index in [-0.39, 0.29) is 18.1 Å². The largest absolute Gasteiger partial charge is 0.328 e. The smallest absolute Gasteiger partial charge is 0.307 e. The molecular weight excluding hydrogens is 326 g/mol. The van der Waals surface area contributed by atoms with E-state index >= 15 is 0 Å². The molecule has 1 unspecified atom stereocenters. The van der Waals surface area contributed by atoms with Crippen molar-refractivity contribution in [3.63, 3.8) is 0 Å². The fourth-order valence-electron chi connectivity index (χ4n) is 2.82. The number of halogens is 1. The zero-order valence-corrected chi connectivity index (χ0v) is 14.2. The highest BCUT2D eigenvalue weighted by molar-refractivity contribution is 6.31. The second-order valence-electron chi connectivity index (χ2n) is 5.89. The Morgan fingerprint density at radius 2 is 1.75 bits per heavy atom. The second-order valence-corrected chi connectivity index (χ2v) is 6.30. The number of hydrogen-bond donors (Lipinski definition) is 1. The van der Waals surface area contributed by atoms with Crippen molar-refractivity contribution in [3.8, 4) is 0 Å². The lowest BCUT2D eigenvalue weighted by Gasteiger charge is -2.26. The van der Waals surface area contributed by atoms with Gasteiger partial charge in [-0.15, -0.1) is 0 Å². The number of aromatic amines is 1. The zero-order valence-electron chi connectivity index (χ0n) is 13.5. The lowest BCUT2D eigenvalue weighted by molar-refractivity contribution is 0.264. The first-order valence-electron chi connectivity index (χ1n) is 7.61. The summed E-state index contributed by atoms with van der Waals surface area (Å²) >= 11 is 6.30. The van der Waals surface area contributed by atoms with Crippen LogP contribution in [0.5, 0.6) is 0 Å². The molecule has 0 bridgehead atoms. The van der Waals surface area contributed by atoms with Crippen LogP contribution in [0, 0.1) is 0 Å². The Labute approximate surface area is 144 Å². The summed E-state index contributed by atoms with van der Waals surface area (Å²) in [5, 5.41) is 1.11. The number of para-hydroxylation sites is 1. The minimum absolute atomic E-state index is 0.196. The third-order valence-electron chi connectivity index (χ3n) is 4.13. The number of benzene rings is 2. The molecule has 0 spiro atoms. The highest BCUT2D eigenvalue weighted by atomic mass is 35.5. The highest BCUT2D eigenvalue weighted by Gasteiger charge is 2.20. The molecule has 5 nitrogen and oxygen atoms in total. The van der Waals surface area contributed by atoms with Gasteiger partial charge in [0.25, 0.3) is 5.56 Å². The molecule has 3 rings (SSSR count). The standard InChI is InChI=1S/C18H18ClN3O2/c1-21(2)16(12-7-3-5-9-14(12)19)11-22-17(23)13-8-4-6-10-15(13)20-18(22)24/h3-10,16H,11H2,1-2H3,(H,20,24). The van der Waals surface area contributed by atoms with Crippen LogP contribution in [-0.4, -0.2) is 28.5 Å².